The largest absolute Gasteiger partial charge is 0.495 e. The first-order chi connectivity index (χ1) is 9.15. The highest BCUT2D eigenvalue weighted by Crippen LogP contribution is 2.35. The third kappa shape index (κ3) is 3.01. The fraction of sp³-hybridized carbons (Fsp3) is 0.200. The Bertz CT molecular complexity index is 555. The summed E-state index contributed by atoms with van der Waals surface area (Å²) in [5.41, 5.74) is 3.22. The van der Waals surface area contributed by atoms with Gasteiger partial charge in [0.1, 0.15) is 5.75 Å². The van der Waals surface area contributed by atoms with Crippen molar-refractivity contribution in [3.05, 3.63) is 46.9 Å². The summed E-state index contributed by atoms with van der Waals surface area (Å²) < 4.78 is 6.44. The number of anilines is 3. The second-order valence-corrected chi connectivity index (χ2v) is 5.09. The molecule has 0 aliphatic heterocycles. The van der Waals surface area contributed by atoms with Gasteiger partial charge in [-0.3, -0.25) is 0 Å². The van der Waals surface area contributed by atoms with Crippen molar-refractivity contribution in [2.75, 3.05) is 31.4 Å². The van der Waals surface area contributed by atoms with Gasteiger partial charge in [-0.25, -0.2) is 0 Å². The van der Waals surface area contributed by atoms with Gasteiger partial charge in [-0.2, -0.15) is 0 Å². The van der Waals surface area contributed by atoms with Crippen molar-refractivity contribution in [3.63, 3.8) is 0 Å². The molecule has 0 unspecified atom stereocenters. The number of nitrogens with zero attached hydrogens (tertiary/aromatic N) is 1. The maximum Gasteiger partial charge on any atom is 0.142 e. The van der Waals surface area contributed by atoms with Crippen molar-refractivity contribution in [1.29, 1.82) is 0 Å². The van der Waals surface area contributed by atoms with Crippen LogP contribution in [0, 0.1) is 0 Å². The Morgan fingerprint density at radius 2 is 1.79 bits per heavy atom. The van der Waals surface area contributed by atoms with Gasteiger partial charge in [0.25, 0.3) is 0 Å². The predicted molar refractivity (Wildman–Crippen MR) is 84.7 cm³/mol. The Morgan fingerprint density at radius 3 is 2.37 bits per heavy atom. The maximum absolute atomic E-state index is 5.41. The number of halogens is 1. The highest BCUT2D eigenvalue weighted by Gasteiger charge is 2.10. The van der Waals surface area contributed by atoms with E-state index in [9.17, 15) is 0 Å². The SMILES string of the molecule is CNc1ccc(N(C)c2cc(Br)ccc2OC)cc1. The third-order valence-electron chi connectivity index (χ3n) is 3.05. The van der Waals surface area contributed by atoms with Crippen molar-refractivity contribution in [2.24, 2.45) is 0 Å². The second kappa shape index (κ2) is 5.97. The first-order valence-electron chi connectivity index (χ1n) is 6.01. The molecule has 0 aliphatic carbocycles. The van der Waals surface area contributed by atoms with E-state index in [0.29, 0.717) is 0 Å². The third-order valence-corrected chi connectivity index (χ3v) is 3.54. The van der Waals surface area contributed by atoms with Gasteiger partial charge in [0.05, 0.1) is 12.8 Å². The van der Waals surface area contributed by atoms with Crippen molar-refractivity contribution < 1.29 is 4.74 Å². The van der Waals surface area contributed by atoms with Gasteiger partial charge >= 0.3 is 0 Å². The molecule has 0 atom stereocenters. The summed E-state index contributed by atoms with van der Waals surface area (Å²) in [6, 6.07) is 14.2. The molecule has 1 N–H and O–H groups in total. The number of hydrogen-bond donors (Lipinski definition) is 1. The molecule has 0 heterocycles. The fourth-order valence-electron chi connectivity index (χ4n) is 1.92. The second-order valence-electron chi connectivity index (χ2n) is 4.17. The number of benzene rings is 2. The molecule has 2 rings (SSSR count). The average Bonchev–Trinajstić information content (AvgIpc) is 2.46. The topological polar surface area (TPSA) is 24.5 Å². The lowest BCUT2D eigenvalue weighted by molar-refractivity contribution is 0.415. The fourth-order valence-corrected chi connectivity index (χ4v) is 2.27. The zero-order chi connectivity index (χ0) is 13.8. The Hall–Kier alpha value is -1.68. The highest BCUT2D eigenvalue weighted by atomic mass is 79.9. The van der Waals surface area contributed by atoms with Gasteiger partial charge in [-0.05, 0) is 42.5 Å². The lowest BCUT2D eigenvalue weighted by atomic mass is 10.2. The van der Waals surface area contributed by atoms with E-state index in [1.54, 1.807) is 7.11 Å². The molecular weight excluding hydrogens is 304 g/mol. The summed E-state index contributed by atoms with van der Waals surface area (Å²) in [7, 11) is 5.62. The summed E-state index contributed by atoms with van der Waals surface area (Å²) in [6.07, 6.45) is 0. The van der Waals surface area contributed by atoms with Crippen molar-refractivity contribution in [1.82, 2.24) is 0 Å². The van der Waals surface area contributed by atoms with Gasteiger partial charge in [-0.15, -0.1) is 0 Å². The summed E-state index contributed by atoms with van der Waals surface area (Å²) in [5, 5.41) is 3.11. The van der Waals surface area contributed by atoms with Gasteiger partial charge in [0, 0.05) is 29.9 Å². The van der Waals surface area contributed by atoms with E-state index in [1.165, 1.54) is 0 Å². The standard InChI is InChI=1S/C15H17BrN2O/c1-17-12-5-7-13(8-6-12)18(2)14-10-11(16)4-9-15(14)19-3/h4-10,17H,1-3H3. The van der Waals surface area contributed by atoms with Crippen LogP contribution < -0.4 is 15.0 Å². The molecule has 0 spiro atoms. The van der Waals surface area contributed by atoms with Crippen LogP contribution in [0.2, 0.25) is 0 Å². The molecule has 0 bridgehead atoms. The summed E-state index contributed by atoms with van der Waals surface area (Å²) in [6.45, 7) is 0. The number of nitrogens with one attached hydrogen (secondary N) is 1. The molecule has 0 fully saturated rings. The van der Waals surface area contributed by atoms with E-state index in [1.807, 2.05) is 32.3 Å². The zero-order valence-electron chi connectivity index (χ0n) is 11.3. The van der Waals surface area contributed by atoms with Crippen molar-refractivity contribution >= 4 is 33.0 Å². The molecule has 19 heavy (non-hydrogen) atoms. The van der Waals surface area contributed by atoms with Crippen molar-refractivity contribution in [2.45, 2.75) is 0 Å². The Labute approximate surface area is 122 Å². The first-order valence-corrected chi connectivity index (χ1v) is 6.80. The Kier molecular flexibility index (Phi) is 4.32. The molecule has 0 aliphatic rings. The number of methoxy groups -OCH3 is 1. The maximum atomic E-state index is 5.41. The molecule has 2 aromatic carbocycles. The van der Waals surface area contributed by atoms with Crippen LogP contribution in [0.25, 0.3) is 0 Å². The van der Waals surface area contributed by atoms with Gasteiger partial charge in [0.15, 0.2) is 0 Å². The van der Waals surface area contributed by atoms with Crippen LogP contribution >= 0.6 is 15.9 Å². The summed E-state index contributed by atoms with van der Waals surface area (Å²) >= 11 is 3.50. The Balaban J connectivity index is 2.36. The molecule has 4 heteroatoms. The molecule has 2 aromatic rings. The summed E-state index contributed by atoms with van der Waals surface area (Å²) in [5.74, 6) is 0.850. The minimum Gasteiger partial charge on any atom is -0.495 e. The van der Waals surface area contributed by atoms with E-state index in [0.717, 1.165) is 27.3 Å². The van der Waals surface area contributed by atoms with Crippen molar-refractivity contribution in [3.8, 4) is 5.75 Å². The molecule has 3 nitrogen and oxygen atoms in total. The lowest BCUT2D eigenvalue weighted by Gasteiger charge is -2.22. The van der Waals surface area contributed by atoms with Crippen LogP contribution in [0.4, 0.5) is 17.1 Å². The normalized spacial score (nSPS) is 10.1. The van der Waals surface area contributed by atoms with Crippen LogP contribution in [-0.2, 0) is 0 Å². The molecule has 0 aromatic heterocycles. The smallest absolute Gasteiger partial charge is 0.142 e. The van der Waals surface area contributed by atoms with Crippen LogP contribution in [0.5, 0.6) is 5.75 Å². The van der Waals surface area contributed by atoms with E-state index in [4.69, 9.17) is 4.74 Å². The monoisotopic (exact) mass is 320 g/mol. The zero-order valence-corrected chi connectivity index (χ0v) is 12.9. The summed E-state index contributed by atoms with van der Waals surface area (Å²) in [4.78, 5) is 2.10. The number of rotatable bonds is 4. The molecule has 100 valence electrons. The lowest BCUT2D eigenvalue weighted by Crippen LogP contribution is -2.10. The Morgan fingerprint density at radius 1 is 1.11 bits per heavy atom. The van der Waals surface area contributed by atoms with Gasteiger partial charge in [-0.1, -0.05) is 15.9 Å². The van der Waals surface area contributed by atoms with E-state index >= 15 is 0 Å². The average molecular weight is 321 g/mol. The van der Waals surface area contributed by atoms with E-state index in [2.05, 4.69) is 50.4 Å². The first kappa shape index (κ1) is 13.7. The van der Waals surface area contributed by atoms with Gasteiger partial charge < -0.3 is 15.0 Å². The van der Waals surface area contributed by atoms with Crippen LogP contribution in [0.1, 0.15) is 0 Å². The number of ether oxygens (including phenoxy) is 1. The number of hydrogen-bond acceptors (Lipinski definition) is 3. The predicted octanol–water partition coefficient (Wildman–Crippen LogP) is 4.27. The van der Waals surface area contributed by atoms with Gasteiger partial charge in [0.2, 0.25) is 0 Å². The van der Waals surface area contributed by atoms with Crippen LogP contribution in [0.3, 0.4) is 0 Å². The molecule has 0 saturated heterocycles. The quantitative estimate of drug-likeness (QED) is 0.910. The molecule has 0 radical (unpaired) electrons. The van der Waals surface area contributed by atoms with E-state index in [-0.39, 0.29) is 0 Å². The highest BCUT2D eigenvalue weighted by molar-refractivity contribution is 9.10. The van der Waals surface area contributed by atoms with Crippen LogP contribution in [0.15, 0.2) is 46.9 Å². The van der Waals surface area contributed by atoms with E-state index < -0.39 is 0 Å². The molecule has 0 saturated carbocycles. The molecular formula is C15H17BrN2O. The van der Waals surface area contributed by atoms with Crippen LogP contribution in [-0.4, -0.2) is 21.2 Å². The minimum absolute atomic E-state index is 0.850. The molecule has 0 amide bonds. The minimum atomic E-state index is 0.850.